The zero-order valence-electron chi connectivity index (χ0n) is 10.4. The van der Waals surface area contributed by atoms with E-state index in [0.29, 0.717) is 6.04 Å². The van der Waals surface area contributed by atoms with Gasteiger partial charge in [-0.1, -0.05) is 12.1 Å². The molecule has 0 saturated carbocycles. The number of hydrogen-bond donors (Lipinski definition) is 2. The average molecular weight is 236 g/mol. The molecule has 1 aromatic rings. The molecule has 1 fully saturated rings. The van der Waals surface area contributed by atoms with Gasteiger partial charge in [-0.15, -0.1) is 0 Å². The first-order valence-electron chi connectivity index (χ1n) is 6.45. The summed E-state index contributed by atoms with van der Waals surface area (Å²) in [6.07, 6.45) is 2.51. The SMILES string of the molecule is CC(NCC1CCNCC1)c1ccc(F)cc1. The Balaban J connectivity index is 1.80. The van der Waals surface area contributed by atoms with Crippen molar-refractivity contribution in [1.82, 2.24) is 10.6 Å². The molecule has 1 unspecified atom stereocenters. The second kappa shape index (κ2) is 6.12. The van der Waals surface area contributed by atoms with Crippen molar-refractivity contribution < 1.29 is 4.39 Å². The largest absolute Gasteiger partial charge is 0.317 e. The van der Waals surface area contributed by atoms with Gasteiger partial charge < -0.3 is 10.6 Å². The standard InChI is InChI=1S/C14H21FN2/c1-11(13-2-4-14(15)5-3-13)17-10-12-6-8-16-9-7-12/h2-5,11-12,16-17H,6-10H2,1H3. The van der Waals surface area contributed by atoms with Gasteiger partial charge in [0.15, 0.2) is 0 Å². The molecular formula is C14H21FN2. The molecule has 1 saturated heterocycles. The Morgan fingerprint density at radius 1 is 1.29 bits per heavy atom. The molecule has 94 valence electrons. The van der Waals surface area contributed by atoms with Crippen LogP contribution < -0.4 is 10.6 Å². The molecule has 1 aromatic carbocycles. The van der Waals surface area contributed by atoms with Crippen LogP contribution in [0.2, 0.25) is 0 Å². The van der Waals surface area contributed by atoms with Gasteiger partial charge in [-0.05, 0) is 63.0 Å². The molecule has 1 aliphatic rings. The van der Waals surface area contributed by atoms with E-state index in [2.05, 4.69) is 17.6 Å². The minimum Gasteiger partial charge on any atom is -0.317 e. The second-order valence-corrected chi connectivity index (χ2v) is 4.87. The first-order valence-corrected chi connectivity index (χ1v) is 6.45. The number of halogens is 1. The summed E-state index contributed by atoms with van der Waals surface area (Å²) >= 11 is 0. The first kappa shape index (κ1) is 12.5. The molecule has 0 aliphatic carbocycles. The van der Waals surface area contributed by atoms with Crippen LogP contribution in [0, 0.1) is 11.7 Å². The molecule has 0 spiro atoms. The van der Waals surface area contributed by atoms with E-state index in [1.807, 2.05) is 12.1 Å². The highest BCUT2D eigenvalue weighted by atomic mass is 19.1. The van der Waals surface area contributed by atoms with Gasteiger partial charge in [0.05, 0.1) is 0 Å². The van der Waals surface area contributed by atoms with Gasteiger partial charge in [-0.2, -0.15) is 0 Å². The van der Waals surface area contributed by atoms with Crippen molar-refractivity contribution in [3.05, 3.63) is 35.6 Å². The number of nitrogens with one attached hydrogen (secondary N) is 2. The van der Waals surface area contributed by atoms with E-state index in [0.717, 1.165) is 31.1 Å². The fraction of sp³-hybridized carbons (Fsp3) is 0.571. The molecule has 1 aliphatic heterocycles. The highest BCUT2D eigenvalue weighted by Gasteiger charge is 2.14. The van der Waals surface area contributed by atoms with Crippen LogP contribution in [0.15, 0.2) is 24.3 Å². The fourth-order valence-corrected chi connectivity index (χ4v) is 2.30. The molecule has 2 N–H and O–H groups in total. The Bertz CT molecular complexity index is 331. The van der Waals surface area contributed by atoms with Crippen molar-refractivity contribution in [2.75, 3.05) is 19.6 Å². The van der Waals surface area contributed by atoms with E-state index >= 15 is 0 Å². The van der Waals surface area contributed by atoms with Gasteiger partial charge in [0, 0.05) is 6.04 Å². The van der Waals surface area contributed by atoms with Gasteiger partial charge >= 0.3 is 0 Å². The Kier molecular flexibility index (Phi) is 4.51. The lowest BCUT2D eigenvalue weighted by Crippen LogP contribution is -2.34. The quantitative estimate of drug-likeness (QED) is 0.839. The third kappa shape index (κ3) is 3.79. The first-order chi connectivity index (χ1) is 8.25. The van der Waals surface area contributed by atoms with Crippen LogP contribution in [0.4, 0.5) is 4.39 Å². The van der Waals surface area contributed by atoms with Crippen LogP contribution in [0.25, 0.3) is 0 Å². The van der Waals surface area contributed by atoms with Crippen LogP contribution in [0.5, 0.6) is 0 Å². The van der Waals surface area contributed by atoms with Crippen LogP contribution >= 0.6 is 0 Å². The fourth-order valence-electron chi connectivity index (χ4n) is 2.30. The highest BCUT2D eigenvalue weighted by Crippen LogP contribution is 2.15. The lowest BCUT2D eigenvalue weighted by Gasteiger charge is -2.25. The molecule has 2 rings (SSSR count). The highest BCUT2D eigenvalue weighted by molar-refractivity contribution is 5.19. The van der Waals surface area contributed by atoms with Crippen molar-refractivity contribution in [2.24, 2.45) is 5.92 Å². The molecule has 0 amide bonds. The smallest absolute Gasteiger partial charge is 0.123 e. The zero-order valence-corrected chi connectivity index (χ0v) is 10.4. The summed E-state index contributed by atoms with van der Waals surface area (Å²) in [6.45, 7) is 5.46. The second-order valence-electron chi connectivity index (χ2n) is 4.87. The normalized spacial score (nSPS) is 19.2. The van der Waals surface area contributed by atoms with E-state index < -0.39 is 0 Å². The van der Waals surface area contributed by atoms with Gasteiger partial charge in [0.2, 0.25) is 0 Å². The Morgan fingerprint density at radius 3 is 2.59 bits per heavy atom. The van der Waals surface area contributed by atoms with Gasteiger partial charge in [0.1, 0.15) is 5.82 Å². The molecule has 0 radical (unpaired) electrons. The maximum absolute atomic E-state index is 12.8. The predicted octanol–water partition coefficient (Wildman–Crippen LogP) is 2.48. The number of rotatable bonds is 4. The van der Waals surface area contributed by atoms with Crippen molar-refractivity contribution in [3.63, 3.8) is 0 Å². The molecule has 3 heteroatoms. The molecule has 1 heterocycles. The predicted molar refractivity (Wildman–Crippen MR) is 68.4 cm³/mol. The third-order valence-electron chi connectivity index (χ3n) is 3.54. The van der Waals surface area contributed by atoms with Crippen molar-refractivity contribution in [1.29, 1.82) is 0 Å². The topological polar surface area (TPSA) is 24.1 Å². The van der Waals surface area contributed by atoms with Crippen molar-refractivity contribution in [2.45, 2.75) is 25.8 Å². The van der Waals surface area contributed by atoms with E-state index in [-0.39, 0.29) is 5.82 Å². The van der Waals surface area contributed by atoms with E-state index in [9.17, 15) is 4.39 Å². The van der Waals surface area contributed by atoms with Crippen LogP contribution in [-0.4, -0.2) is 19.6 Å². The molecule has 0 aromatic heterocycles. The number of hydrogen-bond acceptors (Lipinski definition) is 2. The van der Waals surface area contributed by atoms with Crippen LogP contribution in [0.1, 0.15) is 31.4 Å². The summed E-state index contributed by atoms with van der Waals surface area (Å²) in [5.74, 6) is 0.610. The number of benzene rings is 1. The zero-order chi connectivity index (χ0) is 12.1. The summed E-state index contributed by atoms with van der Waals surface area (Å²) in [7, 11) is 0. The molecular weight excluding hydrogens is 215 g/mol. The van der Waals surface area contributed by atoms with Crippen LogP contribution in [-0.2, 0) is 0 Å². The summed E-state index contributed by atoms with van der Waals surface area (Å²) in [5.41, 5.74) is 1.15. The van der Waals surface area contributed by atoms with E-state index in [1.165, 1.54) is 25.0 Å². The monoisotopic (exact) mass is 236 g/mol. The van der Waals surface area contributed by atoms with Gasteiger partial charge in [0.25, 0.3) is 0 Å². The van der Waals surface area contributed by atoms with Gasteiger partial charge in [-0.3, -0.25) is 0 Å². The maximum atomic E-state index is 12.8. The van der Waals surface area contributed by atoms with Gasteiger partial charge in [-0.25, -0.2) is 4.39 Å². The lowest BCUT2D eigenvalue weighted by molar-refractivity contribution is 0.345. The molecule has 2 nitrogen and oxygen atoms in total. The summed E-state index contributed by atoms with van der Waals surface area (Å²) in [4.78, 5) is 0. The third-order valence-corrected chi connectivity index (χ3v) is 3.54. The average Bonchev–Trinajstić information content (AvgIpc) is 2.38. The van der Waals surface area contributed by atoms with Crippen LogP contribution in [0.3, 0.4) is 0 Å². The Morgan fingerprint density at radius 2 is 1.94 bits per heavy atom. The van der Waals surface area contributed by atoms with Crippen molar-refractivity contribution in [3.8, 4) is 0 Å². The molecule has 0 bridgehead atoms. The minimum atomic E-state index is -0.167. The lowest BCUT2D eigenvalue weighted by atomic mass is 9.97. The van der Waals surface area contributed by atoms with E-state index in [4.69, 9.17) is 0 Å². The number of piperidine rings is 1. The summed E-state index contributed by atoms with van der Waals surface area (Å²) in [6, 6.07) is 7.06. The Hall–Kier alpha value is -0.930. The van der Waals surface area contributed by atoms with Crippen molar-refractivity contribution >= 4 is 0 Å². The summed E-state index contributed by atoms with van der Waals surface area (Å²) < 4.78 is 12.8. The maximum Gasteiger partial charge on any atom is 0.123 e. The van der Waals surface area contributed by atoms with E-state index in [1.54, 1.807) is 0 Å². The Labute approximate surface area is 103 Å². The summed E-state index contributed by atoms with van der Waals surface area (Å²) in [5, 5.41) is 6.91. The minimum absolute atomic E-state index is 0.167. The molecule has 1 atom stereocenters. The molecule has 17 heavy (non-hydrogen) atoms.